The maximum absolute atomic E-state index is 13.2. The Morgan fingerprint density at radius 1 is 1.15 bits per heavy atom. The Morgan fingerprint density at radius 2 is 1.88 bits per heavy atom. The van der Waals surface area contributed by atoms with Gasteiger partial charge in [0.15, 0.2) is 5.65 Å². The molecular weight excluding hydrogens is 459 g/mol. The zero-order valence-corrected chi connectivity index (χ0v) is 19.8. The molecule has 2 aromatic heterocycles. The number of halogens is 1. The van der Waals surface area contributed by atoms with Crippen molar-refractivity contribution in [2.45, 2.75) is 38.0 Å². The fraction of sp³-hybridized carbons (Fsp3) is 0.391. The molecular formula is C23H25FN6O3S. The van der Waals surface area contributed by atoms with Crippen LogP contribution in [0.15, 0.2) is 35.4 Å². The van der Waals surface area contributed by atoms with Crippen molar-refractivity contribution in [3.63, 3.8) is 0 Å². The summed E-state index contributed by atoms with van der Waals surface area (Å²) in [5.41, 5.74) is 3.40. The number of amides is 1. The number of carbonyl (C=O) groups is 1. The third-order valence-electron chi connectivity index (χ3n) is 6.18. The highest BCUT2D eigenvalue weighted by molar-refractivity contribution is 7.89. The minimum Gasteiger partial charge on any atom is -0.341 e. The van der Waals surface area contributed by atoms with Gasteiger partial charge >= 0.3 is 0 Å². The number of fused-ring (bicyclic) bond motifs is 1. The van der Waals surface area contributed by atoms with Gasteiger partial charge in [-0.2, -0.15) is 14.7 Å². The monoisotopic (exact) mass is 484 g/mol. The van der Waals surface area contributed by atoms with Gasteiger partial charge in [-0.05, 0) is 56.5 Å². The van der Waals surface area contributed by atoms with Crippen molar-refractivity contribution in [3.05, 3.63) is 58.8 Å². The number of sulfonamides is 1. The van der Waals surface area contributed by atoms with E-state index in [2.05, 4.69) is 16.2 Å². The van der Waals surface area contributed by atoms with Crippen molar-refractivity contribution in [1.82, 2.24) is 23.8 Å². The number of nitriles is 1. The van der Waals surface area contributed by atoms with Gasteiger partial charge in [0, 0.05) is 44.0 Å². The number of hydrogen-bond donors (Lipinski definition) is 0. The van der Waals surface area contributed by atoms with Crippen LogP contribution in [0.3, 0.4) is 0 Å². The predicted octanol–water partition coefficient (Wildman–Crippen LogP) is 2.21. The normalized spacial score (nSPS) is 15.3. The number of aromatic nitrogens is 3. The maximum Gasteiger partial charge on any atom is 0.243 e. The molecule has 0 bridgehead atoms. The maximum atomic E-state index is 13.2. The predicted molar refractivity (Wildman–Crippen MR) is 122 cm³/mol. The van der Waals surface area contributed by atoms with Gasteiger partial charge in [0.05, 0.1) is 11.1 Å². The first kappa shape index (κ1) is 23.8. The Kier molecular flexibility index (Phi) is 6.63. The molecule has 3 heterocycles. The van der Waals surface area contributed by atoms with Gasteiger partial charge in [0.25, 0.3) is 0 Å². The largest absolute Gasteiger partial charge is 0.341 e. The Bertz CT molecular complexity index is 1380. The van der Waals surface area contributed by atoms with Crippen LogP contribution in [0.4, 0.5) is 4.39 Å². The van der Waals surface area contributed by atoms with Crippen molar-refractivity contribution in [1.29, 1.82) is 5.26 Å². The van der Waals surface area contributed by atoms with Crippen LogP contribution >= 0.6 is 0 Å². The van der Waals surface area contributed by atoms with Gasteiger partial charge in [-0.25, -0.2) is 22.3 Å². The number of rotatable bonds is 5. The molecule has 1 aliphatic heterocycles. The van der Waals surface area contributed by atoms with Crippen LogP contribution < -0.4 is 0 Å². The summed E-state index contributed by atoms with van der Waals surface area (Å²) in [7, 11) is -3.75. The highest BCUT2D eigenvalue weighted by Crippen LogP contribution is 2.21. The molecule has 0 unspecified atom stereocenters. The smallest absolute Gasteiger partial charge is 0.243 e. The van der Waals surface area contributed by atoms with Crippen LogP contribution in [0.1, 0.15) is 35.4 Å². The second-order valence-corrected chi connectivity index (χ2v) is 10.2. The van der Waals surface area contributed by atoms with Crippen LogP contribution in [-0.2, 0) is 21.2 Å². The summed E-state index contributed by atoms with van der Waals surface area (Å²) < 4.78 is 42.0. The average Bonchev–Trinajstić information content (AvgIpc) is 3.05. The van der Waals surface area contributed by atoms with E-state index < -0.39 is 15.8 Å². The van der Waals surface area contributed by atoms with E-state index in [0.717, 1.165) is 29.1 Å². The number of aryl methyl sites for hydroxylation is 2. The first-order valence-corrected chi connectivity index (χ1v) is 12.4. The summed E-state index contributed by atoms with van der Waals surface area (Å²) in [5.74, 6) is -0.553. The van der Waals surface area contributed by atoms with Crippen molar-refractivity contribution in [2.24, 2.45) is 0 Å². The van der Waals surface area contributed by atoms with Crippen LogP contribution in [0.2, 0.25) is 0 Å². The molecule has 1 saturated heterocycles. The second-order valence-electron chi connectivity index (χ2n) is 8.26. The summed E-state index contributed by atoms with van der Waals surface area (Å²) in [5, 5.41) is 13.4. The lowest BCUT2D eigenvalue weighted by atomic mass is 10.1. The SMILES string of the molecule is Cc1nc2c(C#N)cnn2c(C)c1CCC(=O)N1CCCN(S(=O)(=O)c2ccc(F)cc2)CC1. The van der Waals surface area contributed by atoms with Crippen molar-refractivity contribution in [2.75, 3.05) is 26.2 Å². The molecule has 1 amide bonds. The van der Waals surface area contributed by atoms with Crippen molar-refractivity contribution >= 4 is 21.6 Å². The summed E-state index contributed by atoms with van der Waals surface area (Å²) in [6.45, 7) is 4.97. The first-order chi connectivity index (χ1) is 16.2. The second kappa shape index (κ2) is 9.48. The van der Waals surface area contributed by atoms with Gasteiger partial charge in [0.1, 0.15) is 17.4 Å². The topological polar surface area (TPSA) is 112 Å². The van der Waals surface area contributed by atoms with Gasteiger partial charge in [0.2, 0.25) is 15.9 Å². The minimum absolute atomic E-state index is 0.0423. The molecule has 0 atom stereocenters. The van der Waals surface area contributed by atoms with E-state index in [9.17, 15) is 22.9 Å². The zero-order chi connectivity index (χ0) is 24.5. The number of carbonyl (C=O) groups excluding carboxylic acids is 1. The standard InChI is InChI=1S/C23H25FN6O3S/c1-16-21(17(2)30-23(27-16)18(14-25)15-26-30)8-9-22(31)28-10-3-11-29(13-12-28)34(32,33)20-6-4-19(24)5-7-20/h4-7,15H,3,8-13H2,1-2H3. The van der Waals surface area contributed by atoms with E-state index in [1.54, 1.807) is 9.42 Å². The number of hydrogen-bond acceptors (Lipinski definition) is 6. The van der Waals surface area contributed by atoms with E-state index in [0.29, 0.717) is 43.7 Å². The van der Waals surface area contributed by atoms with E-state index in [4.69, 9.17) is 0 Å². The first-order valence-electron chi connectivity index (χ1n) is 11.0. The average molecular weight is 485 g/mol. The Hall–Kier alpha value is -3.36. The Labute approximate surface area is 197 Å². The molecule has 1 aromatic carbocycles. The minimum atomic E-state index is -3.75. The molecule has 4 rings (SSSR count). The molecule has 1 fully saturated rings. The third kappa shape index (κ3) is 4.51. The molecule has 0 N–H and O–H groups in total. The number of benzene rings is 1. The molecule has 11 heteroatoms. The van der Waals surface area contributed by atoms with E-state index >= 15 is 0 Å². The van der Waals surface area contributed by atoms with E-state index in [-0.39, 0.29) is 23.8 Å². The molecule has 3 aromatic rings. The summed E-state index contributed by atoms with van der Waals surface area (Å²) >= 11 is 0. The lowest BCUT2D eigenvalue weighted by Gasteiger charge is -2.22. The van der Waals surface area contributed by atoms with Crippen LogP contribution in [-0.4, -0.2) is 64.3 Å². The molecule has 34 heavy (non-hydrogen) atoms. The Morgan fingerprint density at radius 3 is 2.59 bits per heavy atom. The lowest BCUT2D eigenvalue weighted by Crippen LogP contribution is -2.37. The van der Waals surface area contributed by atoms with Gasteiger partial charge in [-0.15, -0.1) is 0 Å². The molecule has 0 aliphatic carbocycles. The van der Waals surface area contributed by atoms with Gasteiger partial charge < -0.3 is 4.90 Å². The zero-order valence-electron chi connectivity index (χ0n) is 19.0. The lowest BCUT2D eigenvalue weighted by molar-refractivity contribution is -0.131. The summed E-state index contributed by atoms with van der Waals surface area (Å²) in [6.07, 6.45) is 2.72. The quantitative estimate of drug-likeness (QED) is 0.549. The van der Waals surface area contributed by atoms with E-state index in [1.165, 1.54) is 22.6 Å². The highest BCUT2D eigenvalue weighted by Gasteiger charge is 2.28. The van der Waals surface area contributed by atoms with Crippen molar-refractivity contribution in [3.8, 4) is 6.07 Å². The van der Waals surface area contributed by atoms with Crippen LogP contribution in [0, 0.1) is 31.0 Å². The fourth-order valence-corrected chi connectivity index (χ4v) is 5.75. The van der Waals surface area contributed by atoms with E-state index in [1.807, 2.05) is 13.8 Å². The summed E-state index contributed by atoms with van der Waals surface area (Å²) in [6, 6.07) is 6.85. The molecule has 0 spiro atoms. The molecule has 178 valence electrons. The van der Waals surface area contributed by atoms with Gasteiger partial charge in [-0.3, -0.25) is 4.79 Å². The molecule has 0 saturated carbocycles. The Balaban J connectivity index is 1.42. The van der Waals surface area contributed by atoms with Crippen LogP contribution in [0.25, 0.3) is 5.65 Å². The molecule has 0 radical (unpaired) electrons. The highest BCUT2D eigenvalue weighted by atomic mass is 32.2. The fourth-order valence-electron chi connectivity index (χ4n) is 4.28. The molecule has 9 nitrogen and oxygen atoms in total. The van der Waals surface area contributed by atoms with Gasteiger partial charge in [-0.1, -0.05) is 0 Å². The molecule has 1 aliphatic rings. The van der Waals surface area contributed by atoms with Crippen LogP contribution in [0.5, 0.6) is 0 Å². The van der Waals surface area contributed by atoms with Crippen molar-refractivity contribution < 1.29 is 17.6 Å². The summed E-state index contributed by atoms with van der Waals surface area (Å²) in [4.78, 5) is 19.2. The third-order valence-corrected chi connectivity index (χ3v) is 8.09. The number of nitrogens with zero attached hydrogens (tertiary/aromatic N) is 6.